The number of aromatic hydroxyl groups is 1. The van der Waals surface area contributed by atoms with Crippen LogP contribution >= 0.6 is 11.3 Å². The average molecular weight is 385 g/mol. The summed E-state index contributed by atoms with van der Waals surface area (Å²) in [4.78, 5) is 26.9. The Labute approximate surface area is 165 Å². The van der Waals surface area contributed by atoms with Gasteiger partial charge in [-0.05, 0) is 52.9 Å². The van der Waals surface area contributed by atoms with E-state index in [4.69, 9.17) is 5.41 Å². The Morgan fingerprint density at radius 2 is 1.79 bits per heavy atom. The molecule has 136 valence electrons. The zero-order valence-electron chi connectivity index (χ0n) is 14.7. The maximum atomic E-state index is 13.0. The molecule has 28 heavy (non-hydrogen) atoms. The van der Waals surface area contributed by atoms with Crippen molar-refractivity contribution in [3.63, 3.8) is 0 Å². The van der Waals surface area contributed by atoms with Gasteiger partial charge in [0, 0.05) is 16.0 Å². The van der Waals surface area contributed by atoms with Crippen molar-refractivity contribution in [1.29, 1.82) is 5.41 Å². The SMILES string of the molecule is N=C1C(=O)C(C(=O)C=Cc2cccs2)=C(c2ccccc2)c2cc(O)ccc21. The van der Waals surface area contributed by atoms with Gasteiger partial charge < -0.3 is 5.11 Å². The number of thiophene rings is 1. The highest BCUT2D eigenvalue weighted by atomic mass is 32.1. The van der Waals surface area contributed by atoms with Crippen LogP contribution in [0.25, 0.3) is 11.6 Å². The Kier molecular flexibility index (Phi) is 4.59. The number of benzene rings is 2. The largest absolute Gasteiger partial charge is 0.508 e. The summed E-state index contributed by atoms with van der Waals surface area (Å²) in [6, 6.07) is 17.3. The third-order valence-electron chi connectivity index (χ3n) is 4.50. The van der Waals surface area contributed by atoms with E-state index in [0.717, 1.165) is 4.88 Å². The highest BCUT2D eigenvalue weighted by Gasteiger charge is 2.33. The maximum absolute atomic E-state index is 13.0. The number of fused-ring (bicyclic) bond motifs is 1. The predicted octanol–water partition coefficient (Wildman–Crippen LogP) is 4.49. The first-order valence-electron chi connectivity index (χ1n) is 8.59. The van der Waals surface area contributed by atoms with Gasteiger partial charge in [-0.15, -0.1) is 11.3 Å². The number of phenols is 1. The predicted molar refractivity (Wildman–Crippen MR) is 111 cm³/mol. The molecule has 0 aliphatic heterocycles. The van der Waals surface area contributed by atoms with E-state index < -0.39 is 11.6 Å². The molecule has 3 aromatic rings. The van der Waals surface area contributed by atoms with Crippen LogP contribution in [-0.4, -0.2) is 22.4 Å². The topological polar surface area (TPSA) is 78.2 Å². The van der Waals surface area contributed by atoms with Crippen molar-refractivity contribution in [2.24, 2.45) is 0 Å². The van der Waals surface area contributed by atoms with E-state index >= 15 is 0 Å². The van der Waals surface area contributed by atoms with Crippen LogP contribution in [0.5, 0.6) is 5.75 Å². The number of carbonyl (C=O) groups excluding carboxylic acids is 2. The van der Waals surface area contributed by atoms with E-state index in [-0.39, 0.29) is 17.0 Å². The molecular weight excluding hydrogens is 370 g/mol. The zero-order chi connectivity index (χ0) is 19.7. The molecule has 0 atom stereocenters. The summed E-state index contributed by atoms with van der Waals surface area (Å²) in [5.41, 5.74) is 1.73. The molecule has 4 rings (SSSR count). The maximum Gasteiger partial charge on any atom is 0.215 e. The minimum absolute atomic E-state index is 0.00950. The van der Waals surface area contributed by atoms with Crippen LogP contribution in [0.4, 0.5) is 0 Å². The Morgan fingerprint density at radius 3 is 2.50 bits per heavy atom. The summed E-state index contributed by atoms with van der Waals surface area (Å²) in [6.45, 7) is 0. The first kappa shape index (κ1) is 17.8. The number of phenolic OH excluding ortho intramolecular Hbond substituents is 1. The average Bonchev–Trinajstić information content (AvgIpc) is 3.23. The molecule has 2 aromatic carbocycles. The highest BCUT2D eigenvalue weighted by molar-refractivity contribution is 7.10. The summed E-state index contributed by atoms with van der Waals surface area (Å²) in [7, 11) is 0. The van der Waals surface area contributed by atoms with Crippen LogP contribution in [0.15, 0.2) is 77.7 Å². The van der Waals surface area contributed by atoms with Gasteiger partial charge in [-0.2, -0.15) is 0 Å². The number of allylic oxidation sites excluding steroid dienone is 2. The molecule has 2 N–H and O–H groups in total. The third kappa shape index (κ3) is 3.12. The van der Waals surface area contributed by atoms with Crippen LogP contribution in [-0.2, 0) is 9.59 Å². The molecule has 0 unspecified atom stereocenters. The van der Waals surface area contributed by atoms with Crippen molar-refractivity contribution in [3.8, 4) is 5.75 Å². The number of nitrogens with one attached hydrogen (secondary N) is 1. The summed E-state index contributed by atoms with van der Waals surface area (Å²) in [5, 5.41) is 20.1. The van der Waals surface area contributed by atoms with E-state index in [1.165, 1.54) is 35.6 Å². The normalized spacial score (nSPS) is 13.9. The van der Waals surface area contributed by atoms with Crippen LogP contribution in [0.3, 0.4) is 0 Å². The fraction of sp³-hybridized carbons (Fsp3) is 0. The summed E-state index contributed by atoms with van der Waals surface area (Å²) in [6.07, 6.45) is 3.03. The molecule has 0 radical (unpaired) electrons. The van der Waals surface area contributed by atoms with Gasteiger partial charge in [-0.25, -0.2) is 0 Å². The molecule has 1 heterocycles. The molecular formula is C23H15NO3S. The van der Waals surface area contributed by atoms with E-state index in [1.54, 1.807) is 6.08 Å². The summed E-state index contributed by atoms with van der Waals surface area (Å²) < 4.78 is 0. The van der Waals surface area contributed by atoms with Gasteiger partial charge in [0.1, 0.15) is 11.5 Å². The smallest absolute Gasteiger partial charge is 0.215 e. The first-order chi connectivity index (χ1) is 13.6. The van der Waals surface area contributed by atoms with Crippen molar-refractivity contribution in [3.05, 3.63) is 99.3 Å². The van der Waals surface area contributed by atoms with Gasteiger partial charge in [0.15, 0.2) is 5.78 Å². The van der Waals surface area contributed by atoms with Crippen LogP contribution in [0.2, 0.25) is 0 Å². The minimum atomic E-state index is -0.613. The molecule has 1 aliphatic rings. The number of hydrogen-bond donors (Lipinski definition) is 2. The van der Waals surface area contributed by atoms with Crippen LogP contribution < -0.4 is 0 Å². The Bertz CT molecular complexity index is 1160. The number of rotatable bonds is 4. The fourth-order valence-electron chi connectivity index (χ4n) is 3.22. The lowest BCUT2D eigenvalue weighted by Crippen LogP contribution is -2.28. The first-order valence-corrected chi connectivity index (χ1v) is 9.47. The highest BCUT2D eigenvalue weighted by Crippen LogP contribution is 2.37. The third-order valence-corrected chi connectivity index (χ3v) is 5.33. The van der Waals surface area contributed by atoms with Crippen LogP contribution in [0, 0.1) is 5.41 Å². The molecule has 0 fully saturated rings. The van der Waals surface area contributed by atoms with Crippen LogP contribution in [0.1, 0.15) is 21.6 Å². The zero-order valence-corrected chi connectivity index (χ0v) is 15.5. The van der Waals surface area contributed by atoms with E-state index in [1.807, 2.05) is 47.8 Å². The molecule has 0 saturated heterocycles. The molecule has 1 aliphatic carbocycles. The van der Waals surface area contributed by atoms with Gasteiger partial charge in [0.05, 0.1) is 5.57 Å². The molecule has 1 aromatic heterocycles. The van der Waals surface area contributed by atoms with Crippen molar-refractivity contribution in [2.45, 2.75) is 0 Å². The Balaban J connectivity index is 1.95. The minimum Gasteiger partial charge on any atom is -0.508 e. The van der Waals surface area contributed by atoms with Crippen molar-refractivity contribution in [1.82, 2.24) is 0 Å². The standard InChI is InChI=1S/C23H15NO3S/c24-22-17-10-8-15(25)13-18(17)20(14-5-2-1-3-6-14)21(23(22)27)19(26)11-9-16-7-4-12-28-16/h1-13,24-25H. The molecule has 0 bridgehead atoms. The second-order valence-electron chi connectivity index (χ2n) is 6.26. The lowest BCUT2D eigenvalue weighted by molar-refractivity contribution is -0.115. The molecule has 0 spiro atoms. The number of hydrogen-bond acceptors (Lipinski definition) is 5. The molecule has 0 saturated carbocycles. The lowest BCUT2D eigenvalue weighted by Gasteiger charge is -2.22. The van der Waals surface area contributed by atoms with Gasteiger partial charge in [-0.3, -0.25) is 15.0 Å². The number of Topliss-reactive ketones (excluding diaryl/α,β-unsaturated/α-hetero) is 1. The van der Waals surface area contributed by atoms with Crippen molar-refractivity contribution in [2.75, 3.05) is 0 Å². The van der Waals surface area contributed by atoms with Crippen molar-refractivity contribution < 1.29 is 14.7 Å². The fourth-order valence-corrected chi connectivity index (χ4v) is 3.84. The van der Waals surface area contributed by atoms with E-state index in [2.05, 4.69) is 0 Å². The van der Waals surface area contributed by atoms with Gasteiger partial charge in [0.2, 0.25) is 5.78 Å². The molecule has 0 amide bonds. The van der Waals surface area contributed by atoms with E-state index in [9.17, 15) is 14.7 Å². The monoisotopic (exact) mass is 385 g/mol. The lowest BCUT2D eigenvalue weighted by atomic mass is 9.79. The molecule has 5 heteroatoms. The quantitative estimate of drug-likeness (QED) is 0.513. The Hall–Kier alpha value is -3.57. The second kappa shape index (κ2) is 7.21. The number of ketones is 2. The summed E-state index contributed by atoms with van der Waals surface area (Å²) in [5.74, 6) is -1.07. The molecule has 4 nitrogen and oxygen atoms in total. The summed E-state index contributed by atoms with van der Waals surface area (Å²) >= 11 is 1.49. The van der Waals surface area contributed by atoms with Gasteiger partial charge in [-0.1, -0.05) is 36.4 Å². The Morgan fingerprint density at radius 1 is 1.00 bits per heavy atom. The second-order valence-corrected chi connectivity index (χ2v) is 7.24. The van der Waals surface area contributed by atoms with Crippen molar-refractivity contribution >= 4 is 40.3 Å². The number of carbonyl (C=O) groups is 2. The van der Waals surface area contributed by atoms with E-state index in [0.29, 0.717) is 22.3 Å². The van der Waals surface area contributed by atoms with Gasteiger partial charge >= 0.3 is 0 Å². The van der Waals surface area contributed by atoms with Gasteiger partial charge in [0.25, 0.3) is 0 Å².